The minimum absolute atomic E-state index is 0.00316. The van der Waals surface area contributed by atoms with E-state index < -0.39 is 0 Å². The molecule has 0 spiro atoms. The number of nitrogens with one attached hydrogen (secondary N) is 1. The summed E-state index contributed by atoms with van der Waals surface area (Å²) in [5.74, 6) is 2.10. The van der Waals surface area contributed by atoms with Crippen molar-refractivity contribution < 1.29 is 19.0 Å². The lowest BCUT2D eigenvalue weighted by atomic mass is 10.2. The van der Waals surface area contributed by atoms with Crippen LogP contribution in [0.5, 0.6) is 17.2 Å². The second kappa shape index (κ2) is 7.00. The van der Waals surface area contributed by atoms with Crippen LogP contribution in [0.2, 0.25) is 0 Å². The van der Waals surface area contributed by atoms with Crippen LogP contribution >= 0.6 is 0 Å². The Kier molecular flexibility index (Phi) is 5.06. The molecule has 1 amide bonds. The van der Waals surface area contributed by atoms with Gasteiger partial charge in [-0.15, -0.1) is 0 Å². The molecule has 0 aliphatic carbocycles. The van der Waals surface area contributed by atoms with E-state index in [9.17, 15) is 4.79 Å². The van der Waals surface area contributed by atoms with Gasteiger partial charge in [-0.05, 0) is 25.5 Å². The molecule has 1 unspecified atom stereocenters. The van der Waals surface area contributed by atoms with Gasteiger partial charge in [0.2, 0.25) is 12.7 Å². The van der Waals surface area contributed by atoms with Gasteiger partial charge in [0, 0.05) is 18.5 Å². The van der Waals surface area contributed by atoms with Crippen molar-refractivity contribution in [2.45, 2.75) is 25.8 Å². The number of amides is 1. The Morgan fingerprint density at radius 2 is 2.25 bits per heavy atom. The van der Waals surface area contributed by atoms with Crippen LogP contribution in [0.4, 0.5) is 0 Å². The summed E-state index contributed by atoms with van der Waals surface area (Å²) in [5.41, 5.74) is 5.59. The zero-order chi connectivity index (χ0) is 14.4. The molecule has 1 heterocycles. The maximum absolute atomic E-state index is 11.5. The second-order valence-corrected chi connectivity index (χ2v) is 4.73. The molecule has 1 aromatic rings. The maximum Gasteiger partial charge on any atom is 0.231 e. The first-order valence-corrected chi connectivity index (χ1v) is 6.70. The normalized spacial score (nSPS) is 13.9. The van der Waals surface area contributed by atoms with Crippen molar-refractivity contribution in [3.8, 4) is 17.2 Å². The van der Waals surface area contributed by atoms with E-state index in [-0.39, 0.29) is 18.7 Å². The fourth-order valence-corrected chi connectivity index (χ4v) is 1.77. The van der Waals surface area contributed by atoms with Gasteiger partial charge in [0.25, 0.3) is 0 Å². The molecule has 110 valence electrons. The maximum atomic E-state index is 11.5. The average Bonchev–Trinajstić information content (AvgIpc) is 2.88. The molecule has 6 heteroatoms. The molecule has 1 aromatic carbocycles. The van der Waals surface area contributed by atoms with E-state index in [1.54, 1.807) is 12.1 Å². The molecule has 6 nitrogen and oxygen atoms in total. The average molecular weight is 280 g/mol. The Hall–Kier alpha value is -1.95. The highest BCUT2D eigenvalue weighted by Crippen LogP contribution is 2.34. The number of ether oxygens (including phenoxy) is 3. The summed E-state index contributed by atoms with van der Waals surface area (Å²) in [6.07, 6.45) is 1.14. The SMILES string of the molecule is CC(N)CCC(=O)NCCOc1ccc2c(c1)OCO2. The van der Waals surface area contributed by atoms with E-state index in [4.69, 9.17) is 19.9 Å². The zero-order valence-electron chi connectivity index (χ0n) is 11.6. The smallest absolute Gasteiger partial charge is 0.231 e. The monoisotopic (exact) mass is 280 g/mol. The van der Waals surface area contributed by atoms with Crippen molar-refractivity contribution in [2.24, 2.45) is 5.73 Å². The van der Waals surface area contributed by atoms with Gasteiger partial charge in [-0.3, -0.25) is 4.79 Å². The highest BCUT2D eigenvalue weighted by atomic mass is 16.7. The lowest BCUT2D eigenvalue weighted by Gasteiger charge is -2.09. The van der Waals surface area contributed by atoms with Gasteiger partial charge < -0.3 is 25.3 Å². The van der Waals surface area contributed by atoms with E-state index in [1.807, 2.05) is 13.0 Å². The van der Waals surface area contributed by atoms with Crippen molar-refractivity contribution in [3.63, 3.8) is 0 Å². The summed E-state index contributed by atoms with van der Waals surface area (Å²) < 4.78 is 16.0. The molecule has 1 atom stereocenters. The molecule has 0 fully saturated rings. The predicted octanol–water partition coefficient (Wildman–Crippen LogP) is 1.04. The molecular weight excluding hydrogens is 260 g/mol. The number of hydrogen-bond donors (Lipinski definition) is 2. The van der Waals surface area contributed by atoms with E-state index >= 15 is 0 Å². The molecule has 0 bridgehead atoms. The van der Waals surface area contributed by atoms with Gasteiger partial charge in [-0.2, -0.15) is 0 Å². The number of fused-ring (bicyclic) bond motifs is 1. The fourth-order valence-electron chi connectivity index (χ4n) is 1.77. The lowest BCUT2D eigenvalue weighted by molar-refractivity contribution is -0.121. The molecule has 0 saturated carbocycles. The van der Waals surface area contributed by atoms with Crippen molar-refractivity contribution in [2.75, 3.05) is 19.9 Å². The molecule has 1 aliphatic heterocycles. The summed E-state index contributed by atoms with van der Waals surface area (Å²) in [6.45, 7) is 3.00. The van der Waals surface area contributed by atoms with E-state index in [1.165, 1.54) is 0 Å². The van der Waals surface area contributed by atoms with Crippen LogP contribution in [0.25, 0.3) is 0 Å². The summed E-state index contributed by atoms with van der Waals surface area (Å²) in [5, 5.41) is 2.79. The quantitative estimate of drug-likeness (QED) is 0.729. The van der Waals surface area contributed by atoms with Crippen molar-refractivity contribution in [3.05, 3.63) is 18.2 Å². The van der Waals surface area contributed by atoms with Crippen molar-refractivity contribution in [1.82, 2.24) is 5.32 Å². The summed E-state index contributed by atoms with van der Waals surface area (Å²) in [6, 6.07) is 5.44. The first-order valence-electron chi connectivity index (χ1n) is 6.70. The molecule has 0 saturated heterocycles. The van der Waals surface area contributed by atoms with Gasteiger partial charge in [0.05, 0.1) is 6.54 Å². The summed E-state index contributed by atoms with van der Waals surface area (Å²) in [7, 11) is 0. The second-order valence-electron chi connectivity index (χ2n) is 4.73. The van der Waals surface area contributed by atoms with Crippen LogP contribution in [0.15, 0.2) is 18.2 Å². The van der Waals surface area contributed by atoms with Gasteiger partial charge in [0.15, 0.2) is 11.5 Å². The minimum atomic E-state index is -0.00316. The standard InChI is InChI=1S/C14H20N2O4/c1-10(15)2-5-14(17)16-6-7-18-11-3-4-12-13(8-11)20-9-19-12/h3-4,8,10H,2,5-7,9,15H2,1H3,(H,16,17). The van der Waals surface area contributed by atoms with Gasteiger partial charge in [-0.25, -0.2) is 0 Å². The van der Waals surface area contributed by atoms with E-state index in [2.05, 4.69) is 5.32 Å². The first kappa shape index (κ1) is 14.5. The molecule has 0 aromatic heterocycles. The Morgan fingerprint density at radius 1 is 1.45 bits per heavy atom. The van der Waals surface area contributed by atoms with E-state index in [0.717, 1.165) is 5.75 Å². The van der Waals surface area contributed by atoms with Crippen LogP contribution in [0.3, 0.4) is 0 Å². The molecule has 3 N–H and O–H groups in total. The highest BCUT2D eigenvalue weighted by Gasteiger charge is 2.13. The third-order valence-corrected chi connectivity index (χ3v) is 2.86. The van der Waals surface area contributed by atoms with Crippen LogP contribution in [0.1, 0.15) is 19.8 Å². The predicted molar refractivity (Wildman–Crippen MR) is 74.0 cm³/mol. The van der Waals surface area contributed by atoms with Gasteiger partial charge in [0.1, 0.15) is 12.4 Å². The molecule has 2 rings (SSSR count). The molecular formula is C14H20N2O4. The number of carbonyl (C=O) groups is 1. The molecule has 20 heavy (non-hydrogen) atoms. The van der Waals surface area contributed by atoms with Crippen molar-refractivity contribution in [1.29, 1.82) is 0 Å². The largest absolute Gasteiger partial charge is 0.492 e. The van der Waals surface area contributed by atoms with Crippen LogP contribution in [-0.4, -0.2) is 31.9 Å². The zero-order valence-corrected chi connectivity index (χ0v) is 11.6. The van der Waals surface area contributed by atoms with Crippen LogP contribution in [-0.2, 0) is 4.79 Å². The summed E-state index contributed by atoms with van der Waals surface area (Å²) >= 11 is 0. The van der Waals surface area contributed by atoms with Crippen molar-refractivity contribution >= 4 is 5.91 Å². The van der Waals surface area contributed by atoms with Gasteiger partial charge in [-0.1, -0.05) is 0 Å². The third-order valence-electron chi connectivity index (χ3n) is 2.86. The number of benzene rings is 1. The van der Waals surface area contributed by atoms with Crippen LogP contribution < -0.4 is 25.3 Å². The fraction of sp³-hybridized carbons (Fsp3) is 0.500. The molecule has 0 radical (unpaired) electrons. The topological polar surface area (TPSA) is 82.8 Å². The lowest BCUT2D eigenvalue weighted by Crippen LogP contribution is -2.29. The number of nitrogens with two attached hydrogens (primary N) is 1. The Balaban J connectivity index is 1.65. The minimum Gasteiger partial charge on any atom is -0.492 e. The van der Waals surface area contributed by atoms with E-state index in [0.29, 0.717) is 37.5 Å². The Labute approximate surface area is 118 Å². The number of hydrogen-bond acceptors (Lipinski definition) is 5. The number of carbonyl (C=O) groups excluding carboxylic acids is 1. The number of rotatable bonds is 7. The third kappa shape index (κ3) is 4.31. The van der Waals surface area contributed by atoms with Crippen LogP contribution in [0, 0.1) is 0 Å². The summed E-state index contributed by atoms with van der Waals surface area (Å²) in [4.78, 5) is 11.5. The highest BCUT2D eigenvalue weighted by molar-refractivity contribution is 5.75. The first-order chi connectivity index (χ1) is 9.65. The van der Waals surface area contributed by atoms with Gasteiger partial charge >= 0.3 is 0 Å². The Bertz CT molecular complexity index is 462. The molecule has 1 aliphatic rings. The Morgan fingerprint density at radius 3 is 3.05 bits per heavy atom.